The minimum atomic E-state index is 0.805. The summed E-state index contributed by atoms with van der Waals surface area (Å²) in [4.78, 5) is 18.7. The molecule has 2 fully saturated rings. The quantitative estimate of drug-likeness (QED) is 0.0414. The third kappa shape index (κ3) is 27.7. The molecule has 2 aliphatic carbocycles. The van der Waals surface area contributed by atoms with Crippen molar-refractivity contribution in [2.24, 2.45) is 23.7 Å². The van der Waals surface area contributed by atoms with E-state index in [4.69, 9.17) is 9.47 Å². The number of ether oxygens (including phenoxy) is 2. The number of benzene rings is 2. The first-order valence-corrected chi connectivity index (χ1v) is 32.6. The molecular weight excluding hydrogens is 929 g/mol. The van der Waals surface area contributed by atoms with Crippen molar-refractivity contribution in [3.8, 4) is 34.3 Å². The van der Waals surface area contributed by atoms with Crippen LogP contribution < -0.4 is 9.47 Å². The average molecular weight is 1040 g/mol. The molecule has 6 rings (SSSR count). The van der Waals surface area contributed by atoms with E-state index in [1.165, 1.54) is 242 Å². The van der Waals surface area contributed by atoms with Gasteiger partial charge in [0.25, 0.3) is 0 Å². The van der Waals surface area contributed by atoms with Crippen molar-refractivity contribution >= 4 is 0 Å². The number of aryl methyl sites for hydroxylation is 2. The van der Waals surface area contributed by atoms with Crippen LogP contribution >= 0.6 is 0 Å². The van der Waals surface area contributed by atoms with Crippen molar-refractivity contribution in [2.45, 2.75) is 285 Å². The molecule has 6 heteroatoms. The Morgan fingerprint density at radius 1 is 0.316 bits per heavy atom. The molecule has 0 bridgehead atoms. The highest BCUT2D eigenvalue weighted by Crippen LogP contribution is 2.36. The van der Waals surface area contributed by atoms with Crippen LogP contribution in [-0.2, 0) is 12.8 Å². The standard InChI is InChI=1S/C36H58N2O.C34H54N2O/c1-3-5-7-9-11-13-15-17-31-18-20-32(21-19-31)22-23-33-29-37-36(38-30-33)34-24-26-35(27-25-34)39-28-16-14-12-10-8-6-4-2;1-3-5-7-9-10-12-14-26-37-33-24-22-32(23-25-33)34-35-27-31(28-36-34)21-20-30-18-16-29(17-19-30)15-13-11-8-6-4-2/h24-27,29-32H,3-23,28H2,1-2H3;22-25,27-30H,3-21,26H2,1-2H3. The Labute approximate surface area is 467 Å². The van der Waals surface area contributed by atoms with E-state index in [0.29, 0.717) is 0 Å². The fraction of sp³-hybridized carbons (Fsp3) is 0.714. The number of unbranched alkanes of at least 4 members (excludes halogenated alkanes) is 22. The van der Waals surface area contributed by atoms with E-state index >= 15 is 0 Å². The summed E-state index contributed by atoms with van der Waals surface area (Å²) >= 11 is 0. The number of aromatic nitrogens is 4. The summed E-state index contributed by atoms with van der Waals surface area (Å²) in [5.74, 6) is 7.28. The Hall–Kier alpha value is -3.80. The smallest absolute Gasteiger partial charge is 0.159 e. The summed E-state index contributed by atoms with van der Waals surface area (Å²) in [7, 11) is 0. The van der Waals surface area contributed by atoms with E-state index in [2.05, 4.69) is 96.2 Å². The van der Waals surface area contributed by atoms with E-state index in [1.807, 2.05) is 24.8 Å². The van der Waals surface area contributed by atoms with Gasteiger partial charge >= 0.3 is 0 Å². The second-order valence-corrected chi connectivity index (χ2v) is 23.8. The summed E-state index contributed by atoms with van der Waals surface area (Å²) in [6.07, 6.45) is 62.8. The first-order chi connectivity index (χ1) is 37.6. The molecule has 0 atom stereocenters. The lowest BCUT2D eigenvalue weighted by Crippen LogP contribution is -2.15. The summed E-state index contributed by atoms with van der Waals surface area (Å²) in [5, 5.41) is 0. The summed E-state index contributed by atoms with van der Waals surface area (Å²) in [6.45, 7) is 10.7. The third-order valence-corrected chi connectivity index (χ3v) is 17.2. The lowest BCUT2D eigenvalue weighted by atomic mass is 9.78. The van der Waals surface area contributed by atoms with Gasteiger partial charge in [0.15, 0.2) is 11.6 Å². The number of hydrogen-bond acceptors (Lipinski definition) is 6. The van der Waals surface area contributed by atoms with Crippen molar-refractivity contribution in [2.75, 3.05) is 13.2 Å². The van der Waals surface area contributed by atoms with Crippen LogP contribution in [0.25, 0.3) is 22.8 Å². The molecule has 0 aliphatic heterocycles. The highest BCUT2D eigenvalue weighted by molar-refractivity contribution is 5.56. The van der Waals surface area contributed by atoms with Gasteiger partial charge in [-0.1, -0.05) is 246 Å². The van der Waals surface area contributed by atoms with Gasteiger partial charge in [-0.05, 0) is 122 Å². The van der Waals surface area contributed by atoms with Gasteiger partial charge in [-0.25, -0.2) is 19.9 Å². The van der Waals surface area contributed by atoms with Crippen molar-refractivity contribution in [1.29, 1.82) is 0 Å². The largest absolute Gasteiger partial charge is 0.494 e. The predicted molar refractivity (Wildman–Crippen MR) is 325 cm³/mol. The summed E-state index contributed by atoms with van der Waals surface area (Å²) in [5.41, 5.74) is 4.67. The molecule has 0 spiro atoms. The molecule has 424 valence electrons. The van der Waals surface area contributed by atoms with Gasteiger partial charge in [-0.3, -0.25) is 0 Å². The first kappa shape index (κ1) is 63.0. The second-order valence-electron chi connectivity index (χ2n) is 23.8. The van der Waals surface area contributed by atoms with Crippen LogP contribution in [0.4, 0.5) is 0 Å². The Bertz CT molecular complexity index is 1930. The van der Waals surface area contributed by atoms with Crippen LogP contribution in [0.15, 0.2) is 73.3 Å². The molecule has 2 aromatic heterocycles. The minimum absolute atomic E-state index is 0.805. The molecule has 4 aromatic rings. The molecule has 2 heterocycles. The molecule has 76 heavy (non-hydrogen) atoms. The Balaban J connectivity index is 0.000000281. The van der Waals surface area contributed by atoms with Crippen LogP contribution in [0.3, 0.4) is 0 Å². The SMILES string of the molecule is CCCCCCCCCOc1ccc(-c2ncc(CCC3CCC(CCCCCCC)CC3)cn2)cc1.CCCCCCCCCOc1ccc(-c2ncc(CCC3CCC(CCCCCCCCC)CC3)cn2)cc1. The normalized spacial score (nSPS) is 17.5. The van der Waals surface area contributed by atoms with E-state index in [9.17, 15) is 0 Å². The van der Waals surface area contributed by atoms with Gasteiger partial charge in [0.1, 0.15) is 11.5 Å². The number of nitrogens with zero attached hydrogens (tertiary/aromatic N) is 4. The van der Waals surface area contributed by atoms with Crippen molar-refractivity contribution < 1.29 is 9.47 Å². The first-order valence-electron chi connectivity index (χ1n) is 32.6. The van der Waals surface area contributed by atoms with E-state index in [1.54, 1.807) is 0 Å². The van der Waals surface area contributed by atoms with Gasteiger partial charge in [-0.15, -0.1) is 0 Å². The summed E-state index contributed by atoms with van der Waals surface area (Å²) < 4.78 is 11.9. The topological polar surface area (TPSA) is 70.0 Å². The maximum Gasteiger partial charge on any atom is 0.159 e. The van der Waals surface area contributed by atoms with Crippen LogP contribution in [-0.4, -0.2) is 33.1 Å². The maximum atomic E-state index is 5.94. The van der Waals surface area contributed by atoms with Gasteiger partial charge in [0, 0.05) is 35.9 Å². The molecular formula is C70H112N4O2. The van der Waals surface area contributed by atoms with Crippen LogP contribution in [0.2, 0.25) is 0 Å². The van der Waals surface area contributed by atoms with Crippen LogP contribution in [0.1, 0.15) is 283 Å². The fourth-order valence-corrected chi connectivity index (χ4v) is 12.0. The van der Waals surface area contributed by atoms with Crippen LogP contribution in [0, 0.1) is 23.7 Å². The minimum Gasteiger partial charge on any atom is -0.494 e. The van der Waals surface area contributed by atoms with Crippen molar-refractivity contribution in [1.82, 2.24) is 19.9 Å². The zero-order valence-electron chi connectivity index (χ0n) is 49.5. The monoisotopic (exact) mass is 1040 g/mol. The van der Waals surface area contributed by atoms with Crippen LogP contribution in [0.5, 0.6) is 11.5 Å². The molecule has 2 aromatic carbocycles. The van der Waals surface area contributed by atoms with Crippen molar-refractivity contribution in [3.05, 3.63) is 84.4 Å². The van der Waals surface area contributed by atoms with E-state index in [-0.39, 0.29) is 0 Å². The highest BCUT2D eigenvalue weighted by Gasteiger charge is 2.22. The van der Waals surface area contributed by atoms with Crippen molar-refractivity contribution in [3.63, 3.8) is 0 Å². The maximum absolute atomic E-state index is 5.94. The zero-order valence-corrected chi connectivity index (χ0v) is 49.5. The Morgan fingerprint density at radius 3 is 0.882 bits per heavy atom. The molecule has 0 saturated heterocycles. The average Bonchev–Trinajstić information content (AvgIpc) is 3.46. The van der Waals surface area contributed by atoms with Gasteiger partial charge in [0.2, 0.25) is 0 Å². The van der Waals surface area contributed by atoms with E-state index < -0.39 is 0 Å². The van der Waals surface area contributed by atoms with E-state index in [0.717, 1.165) is 96.8 Å². The van der Waals surface area contributed by atoms with Gasteiger partial charge in [-0.2, -0.15) is 0 Å². The molecule has 0 radical (unpaired) electrons. The number of hydrogen-bond donors (Lipinski definition) is 0. The van der Waals surface area contributed by atoms with Gasteiger partial charge < -0.3 is 9.47 Å². The zero-order chi connectivity index (χ0) is 53.4. The Kier molecular flexibility index (Phi) is 34.2. The molecule has 6 nitrogen and oxygen atoms in total. The molecule has 2 saturated carbocycles. The lowest BCUT2D eigenvalue weighted by Gasteiger charge is -2.28. The summed E-state index contributed by atoms with van der Waals surface area (Å²) in [6, 6.07) is 16.5. The number of rotatable bonds is 40. The highest BCUT2D eigenvalue weighted by atomic mass is 16.5. The van der Waals surface area contributed by atoms with Gasteiger partial charge in [0.05, 0.1) is 13.2 Å². The molecule has 2 aliphatic rings. The third-order valence-electron chi connectivity index (χ3n) is 17.2. The molecule has 0 unspecified atom stereocenters. The second kappa shape index (κ2) is 41.3. The fourth-order valence-electron chi connectivity index (χ4n) is 12.0. The molecule has 0 amide bonds. The Morgan fingerprint density at radius 2 is 0.579 bits per heavy atom. The molecule has 0 N–H and O–H groups in total. The predicted octanol–water partition coefficient (Wildman–Crippen LogP) is 21.5. The lowest BCUT2D eigenvalue weighted by molar-refractivity contribution is 0.248.